The fourth-order valence-electron chi connectivity index (χ4n) is 1.85. The Bertz CT molecular complexity index is 510. The van der Waals surface area contributed by atoms with E-state index in [9.17, 15) is 4.79 Å². The quantitative estimate of drug-likeness (QED) is 0.630. The predicted molar refractivity (Wildman–Crippen MR) is 78.5 cm³/mol. The molecule has 1 aromatic heterocycles. The summed E-state index contributed by atoms with van der Waals surface area (Å²) in [5.41, 5.74) is -0.180. The molecule has 110 valence electrons. The average Bonchev–Trinajstić information content (AvgIpc) is 2.78. The van der Waals surface area contributed by atoms with Crippen molar-refractivity contribution < 1.29 is 18.8 Å². The molecule has 0 spiro atoms. The lowest BCUT2D eigenvalue weighted by atomic mass is 9.90. The number of thiazole rings is 1. The van der Waals surface area contributed by atoms with Gasteiger partial charge in [-0.2, -0.15) is 0 Å². The van der Waals surface area contributed by atoms with E-state index in [-0.39, 0.29) is 5.97 Å². The molecule has 1 fully saturated rings. The zero-order valence-corrected chi connectivity index (χ0v) is 13.6. The highest BCUT2D eigenvalue weighted by molar-refractivity contribution is 7.23. The van der Waals surface area contributed by atoms with Crippen LogP contribution in [0, 0.1) is 6.92 Å². The maximum Gasteiger partial charge on any atom is 0.525 e. The summed E-state index contributed by atoms with van der Waals surface area (Å²) in [6.07, 6.45) is 0. The van der Waals surface area contributed by atoms with Crippen LogP contribution < -0.4 is 4.91 Å². The van der Waals surface area contributed by atoms with Gasteiger partial charge in [-0.1, -0.05) is 0 Å². The van der Waals surface area contributed by atoms with Gasteiger partial charge in [0.15, 0.2) is 0 Å². The molecule has 2 heterocycles. The van der Waals surface area contributed by atoms with Crippen molar-refractivity contribution in [1.82, 2.24) is 4.98 Å². The predicted octanol–water partition coefficient (Wildman–Crippen LogP) is 1.93. The first-order chi connectivity index (χ1) is 9.18. The van der Waals surface area contributed by atoms with Crippen LogP contribution in [-0.2, 0) is 14.0 Å². The second-order valence-corrected chi connectivity index (χ2v) is 6.81. The number of hydrogen-bond acceptors (Lipinski definition) is 6. The lowest BCUT2D eigenvalue weighted by molar-refractivity contribution is 0.00578. The van der Waals surface area contributed by atoms with Gasteiger partial charge in [-0.15, -0.1) is 11.3 Å². The first-order valence-corrected chi connectivity index (χ1v) is 7.49. The van der Waals surface area contributed by atoms with E-state index in [1.165, 1.54) is 11.3 Å². The number of ether oxygens (including phenoxy) is 1. The fourth-order valence-corrected chi connectivity index (χ4v) is 2.77. The lowest BCUT2D eigenvalue weighted by Crippen LogP contribution is -2.41. The molecule has 1 saturated heterocycles. The van der Waals surface area contributed by atoms with Crippen LogP contribution in [0.15, 0.2) is 0 Å². The number of hydrogen-bond donors (Lipinski definition) is 0. The summed E-state index contributed by atoms with van der Waals surface area (Å²) in [6, 6.07) is 0. The van der Waals surface area contributed by atoms with Crippen molar-refractivity contribution in [3.63, 3.8) is 0 Å². The summed E-state index contributed by atoms with van der Waals surface area (Å²) in [5.74, 6) is -0.342. The average molecular weight is 297 g/mol. The zero-order valence-electron chi connectivity index (χ0n) is 12.8. The molecule has 0 N–H and O–H groups in total. The highest BCUT2D eigenvalue weighted by Crippen LogP contribution is 2.36. The standard InChI is InChI=1S/C13H20BNO4S/c1-7-17-10(16)9-8(2)15-11(20-9)14-18-12(3,4)13(5,6)19-14/h7H2,1-6H3. The van der Waals surface area contributed by atoms with Gasteiger partial charge < -0.3 is 14.0 Å². The largest absolute Gasteiger partial charge is 0.525 e. The van der Waals surface area contributed by atoms with E-state index in [2.05, 4.69) is 4.98 Å². The Morgan fingerprint density at radius 3 is 2.35 bits per heavy atom. The third-order valence-corrected chi connectivity index (χ3v) is 4.89. The van der Waals surface area contributed by atoms with E-state index in [0.717, 1.165) is 0 Å². The maximum atomic E-state index is 11.8. The van der Waals surface area contributed by atoms with Crippen LogP contribution in [0.3, 0.4) is 0 Å². The van der Waals surface area contributed by atoms with Crippen LogP contribution in [0.4, 0.5) is 0 Å². The van der Waals surface area contributed by atoms with Crippen molar-refractivity contribution in [3.05, 3.63) is 10.6 Å². The topological polar surface area (TPSA) is 57.7 Å². The number of aryl methyl sites for hydroxylation is 1. The van der Waals surface area contributed by atoms with Crippen LogP contribution in [0.1, 0.15) is 50.0 Å². The molecular weight excluding hydrogens is 277 g/mol. The highest BCUT2D eigenvalue weighted by atomic mass is 32.1. The molecule has 0 unspecified atom stereocenters. The van der Waals surface area contributed by atoms with Gasteiger partial charge in [0.05, 0.1) is 23.5 Å². The van der Waals surface area contributed by atoms with Crippen molar-refractivity contribution >= 4 is 29.3 Å². The summed E-state index contributed by atoms with van der Waals surface area (Å²) >= 11 is 1.27. The Hall–Kier alpha value is -0.915. The second kappa shape index (κ2) is 5.13. The van der Waals surface area contributed by atoms with E-state index < -0.39 is 18.3 Å². The van der Waals surface area contributed by atoms with Gasteiger partial charge in [-0.3, -0.25) is 0 Å². The van der Waals surface area contributed by atoms with Crippen molar-refractivity contribution in [2.24, 2.45) is 0 Å². The first-order valence-electron chi connectivity index (χ1n) is 6.68. The molecule has 1 aliphatic rings. The minimum atomic E-state index is -0.535. The van der Waals surface area contributed by atoms with Crippen LogP contribution in [-0.4, -0.2) is 35.9 Å². The third-order valence-electron chi connectivity index (χ3n) is 3.73. The molecular formula is C13H20BNO4S. The molecule has 5 nitrogen and oxygen atoms in total. The van der Waals surface area contributed by atoms with Gasteiger partial charge in [0.25, 0.3) is 0 Å². The molecule has 1 aromatic rings. The van der Waals surface area contributed by atoms with Crippen LogP contribution in [0.5, 0.6) is 0 Å². The molecule has 0 aromatic carbocycles. The maximum absolute atomic E-state index is 11.8. The van der Waals surface area contributed by atoms with Gasteiger partial charge in [0.1, 0.15) is 9.78 Å². The number of aromatic nitrogens is 1. The highest BCUT2D eigenvalue weighted by Gasteiger charge is 2.53. The molecule has 0 aliphatic carbocycles. The second-order valence-electron chi connectivity index (χ2n) is 5.78. The fraction of sp³-hybridized carbons (Fsp3) is 0.692. The minimum Gasteiger partial charge on any atom is -0.462 e. The normalized spacial score (nSPS) is 20.2. The molecule has 0 saturated carbocycles. The summed E-state index contributed by atoms with van der Waals surface area (Å²) in [6.45, 7) is 11.9. The number of esters is 1. The van der Waals surface area contributed by atoms with E-state index in [1.54, 1.807) is 13.8 Å². The first kappa shape index (κ1) is 15.5. The van der Waals surface area contributed by atoms with Crippen molar-refractivity contribution in [1.29, 1.82) is 0 Å². The summed E-state index contributed by atoms with van der Waals surface area (Å²) in [7, 11) is -0.535. The number of nitrogens with zero attached hydrogens (tertiary/aromatic N) is 1. The Kier molecular flexibility index (Phi) is 3.97. The molecule has 2 rings (SSSR count). The summed E-state index contributed by atoms with van der Waals surface area (Å²) < 4.78 is 16.9. The Balaban J connectivity index is 2.24. The number of carbonyl (C=O) groups is 1. The molecule has 20 heavy (non-hydrogen) atoms. The monoisotopic (exact) mass is 297 g/mol. The Labute approximate surface area is 123 Å². The van der Waals surface area contributed by atoms with Gasteiger partial charge in [0.2, 0.25) is 0 Å². The van der Waals surface area contributed by atoms with Crippen LogP contribution in [0.25, 0.3) is 0 Å². The van der Waals surface area contributed by atoms with Crippen molar-refractivity contribution in [3.8, 4) is 0 Å². The van der Waals surface area contributed by atoms with E-state index in [0.29, 0.717) is 22.1 Å². The molecule has 0 atom stereocenters. The smallest absolute Gasteiger partial charge is 0.462 e. The van der Waals surface area contributed by atoms with Crippen molar-refractivity contribution in [2.75, 3.05) is 6.61 Å². The van der Waals surface area contributed by atoms with E-state index in [4.69, 9.17) is 14.0 Å². The molecule has 0 amide bonds. The molecule has 0 radical (unpaired) electrons. The van der Waals surface area contributed by atoms with E-state index >= 15 is 0 Å². The Morgan fingerprint density at radius 2 is 1.85 bits per heavy atom. The molecule has 1 aliphatic heterocycles. The molecule has 7 heteroatoms. The SMILES string of the molecule is CCOC(=O)c1sc(B2OC(C)(C)C(C)(C)O2)nc1C. The molecule has 0 bridgehead atoms. The van der Waals surface area contributed by atoms with Gasteiger partial charge in [-0.25, -0.2) is 9.78 Å². The van der Waals surface area contributed by atoms with Gasteiger partial charge in [0, 0.05) is 0 Å². The minimum absolute atomic E-state index is 0.342. The van der Waals surface area contributed by atoms with Crippen molar-refractivity contribution in [2.45, 2.75) is 52.7 Å². The van der Waals surface area contributed by atoms with E-state index in [1.807, 2.05) is 27.7 Å². The number of rotatable bonds is 3. The van der Waals surface area contributed by atoms with Crippen LogP contribution in [0.2, 0.25) is 0 Å². The number of carbonyl (C=O) groups excluding carboxylic acids is 1. The summed E-state index contributed by atoms with van der Waals surface area (Å²) in [4.78, 5) is 17.4. The summed E-state index contributed by atoms with van der Waals surface area (Å²) in [5, 5.41) is 0. The zero-order chi connectivity index (χ0) is 15.1. The third kappa shape index (κ3) is 2.62. The van der Waals surface area contributed by atoms with Gasteiger partial charge in [-0.05, 0) is 41.5 Å². The van der Waals surface area contributed by atoms with Gasteiger partial charge >= 0.3 is 13.1 Å². The van der Waals surface area contributed by atoms with Crippen LogP contribution >= 0.6 is 11.3 Å². The Morgan fingerprint density at radius 1 is 1.30 bits per heavy atom. The lowest BCUT2D eigenvalue weighted by Gasteiger charge is -2.32.